The molecular formula is C21H17Cl2F3N4O2S. The zero-order chi connectivity index (χ0) is 24.0. The molecule has 1 aromatic heterocycles. The van der Waals surface area contributed by atoms with Crippen LogP contribution >= 0.6 is 23.2 Å². The van der Waals surface area contributed by atoms with Gasteiger partial charge in [-0.25, -0.2) is 22.8 Å². The van der Waals surface area contributed by atoms with Crippen molar-refractivity contribution in [1.29, 1.82) is 0 Å². The predicted molar refractivity (Wildman–Crippen MR) is 121 cm³/mol. The number of sulfonamides is 1. The molecule has 0 amide bonds. The van der Waals surface area contributed by atoms with Gasteiger partial charge in [0.15, 0.2) is 11.5 Å². The molecule has 0 saturated carbocycles. The number of aromatic nitrogens is 2. The molecule has 0 aliphatic carbocycles. The van der Waals surface area contributed by atoms with Gasteiger partial charge in [-0.3, -0.25) is 0 Å². The highest BCUT2D eigenvalue weighted by atomic mass is 35.5. The Balaban J connectivity index is 1.82. The van der Waals surface area contributed by atoms with Crippen LogP contribution in [0.15, 0.2) is 59.6 Å². The molecule has 2 aromatic carbocycles. The van der Waals surface area contributed by atoms with Crippen molar-refractivity contribution in [3.8, 4) is 0 Å². The van der Waals surface area contributed by atoms with E-state index < -0.39 is 33.2 Å². The van der Waals surface area contributed by atoms with Crippen molar-refractivity contribution in [3.63, 3.8) is 0 Å². The Bertz CT molecular complexity index is 1330. The van der Waals surface area contributed by atoms with Crippen molar-refractivity contribution in [3.05, 3.63) is 81.5 Å². The van der Waals surface area contributed by atoms with Crippen molar-refractivity contribution in [2.24, 2.45) is 4.99 Å². The summed E-state index contributed by atoms with van der Waals surface area (Å²) in [4.78, 5) is 4.14. The lowest BCUT2D eigenvalue weighted by Crippen LogP contribution is -2.46. The molecule has 0 radical (unpaired) electrons. The Kier molecular flexibility index (Phi) is 6.30. The zero-order valence-corrected chi connectivity index (χ0v) is 19.3. The van der Waals surface area contributed by atoms with Crippen LogP contribution in [0.25, 0.3) is 0 Å². The van der Waals surface area contributed by atoms with Crippen LogP contribution in [0.2, 0.25) is 10.0 Å². The van der Waals surface area contributed by atoms with E-state index in [2.05, 4.69) is 14.8 Å². The molecule has 0 saturated heterocycles. The van der Waals surface area contributed by atoms with Crippen molar-refractivity contribution in [2.75, 3.05) is 0 Å². The Hall–Kier alpha value is -2.40. The number of benzene rings is 2. The van der Waals surface area contributed by atoms with Gasteiger partial charge < -0.3 is 0 Å². The first-order valence-corrected chi connectivity index (χ1v) is 12.0. The fourth-order valence-electron chi connectivity index (χ4n) is 3.69. The van der Waals surface area contributed by atoms with E-state index in [1.165, 1.54) is 25.1 Å². The number of rotatable bonds is 5. The van der Waals surface area contributed by atoms with Crippen molar-refractivity contribution in [1.82, 2.24) is 14.5 Å². The lowest BCUT2D eigenvalue weighted by Gasteiger charge is -2.32. The van der Waals surface area contributed by atoms with Crippen LogP contribution in [0.1, 0.15) is 29.8 Å². The minimum absolute atomic E-state index is 0.000806. The molecule has 0 bridgehead atoms. The Morgan fingerprint density at radius 3 is 2.39 bits per heavy atom. The van der Waals surface area contributed by atoms with Gasteiger partial charge in [-0.05, 0) is 30.2 Å². The lowest BCUT2D eigenvalue weighted by atomic mass is 9.99. The van der Waals surface area contributed by atoms with E-state index in [9.17, 15) is 21.6 Å². The van der Waals surface area contributed by atoms with Crippen molar-refractivity contribution >= 4 is 44.8 Å². The SMILES string of the molecule is CC1=Nc2cc(C(F)(F)F)nn2C(c2ccc(Cl)c(Cl)c2)C1S(=O)(=O)NCc1ccccc1. The first-order valence-electron chi connectivity index (χ1n) is 9.66. The first-order chi connectivity index (χ1) is 15.5. The Labute approximate surface area is 198 Å². The minimum atomic E-state index is -4.73. The van der Waals surface area contributed by atoms with Gasteiger partial charge in [0.25, 0.3) is 0 Å². The maximum Gasteiger partial charge on any atom is 0.435 e. The van der Waals surface area contributed by atoms with Gasteiger partial charge in [0.1, 0.15) is 11.3 Å². The van der Waals surface area contributed by atoms with E-state index in [4.69, 9.17) is 23.2 Å². The van der Waals surface area contributed by atoms with Crippen LogP contribution in [0, 0.1) is 0 Å². The van der Waals surface area contributed by atoms with Gasteiger partial charge in [-0.15, -0.1) is 0 Å². The van der Waals surface area contributed by atoms with Gasteiger partial charge in [0.2, 0.25) is 10.0 Å². The van der Waals surface area contributed by atoms with Gasteiger partial charge in [-0.1, -0.05) is 59.6 Å². The number of nitrogens with one attached hydrogen (secondary N) is 1. The highest BCUT2D eigenvalue weighted by Gasteiger charge is 2.44. The van der Waals surface area contributed by atoms with Crippen LogP contribution < -0.4 is 4.72 Å². The third-order valence-electron chi connectivity index (χ3n) is 5.20. The maximum atomic E-state index is 13.4. The molecule has 174 valence electrons. The normalized spacial score (nSPS) is 18.7. The molecule has 0 fully saturated rings. The smallest absolute Gasteiger partial charge is 0.238 e. The largest absolute Gasteiger partial charge is 0.435 e. The molecule has 3 aromatic rings. The monoisotopic (exact) mass is 516 g/mol. The second kappa shape index (κ2) is 8.75. The molecule has 1 aliphatic rings. The molecule has 6 nitrogen and oxygen atoms in total. The Morgan fingerprint density at radius 1 is 1.06 bits per heavy atom. The quantitative estimate of drug-likeness (QED) is 0.493. The third kappa shape index (κ3) is 4.79. The molecule has 2 heterocycles. The van der Waals surface area contributed by atoms with Gasteiger partial charge in [0, 0.05) is 18.3 Å². The van der Waals surface area contributed by atoms with Gasteiger partial charge >= 0.3 is 6.18 Å². The van der Waals surface area contributed by atoms with Crippen LogP contribution in [-0.2, 0) is 22.7 Å². The van der Waals surface area contributed by atoms with E-state index in [0.29, 0.717) is 5.56 Å². The zero-order valence-electron chi connectivity index (χ0n) is 17.0. The molecule has 4 rings (SSSR count). The van der Waals surface area contributed by atoms with E-state index in [-0.39, 0.29) is 28.1 Å². The molecule has 2 atom stereocenters. The Morgan fingerprint density at radius 2 is 1.76 bits per heavy atom. The highest BCUT2D eigenvalue weighted by Crippen LogP contribution is 2.40. The molecule has 1 N–H and O–H groups in total. The first kappa shape index (κ1) is 23.7. The van der Waals surface area contributed by atoms with Crippen LogP contribution in [0.5, 0.6) is 0 Å². The summed E-state index contributed by atoms with van der Waals surface area (Å²) in [5.74, 6) is -0.106. The van der Waals surface area contributed by atoms with Gasteiger partial charge in [-0.2, -0.15) is 18.3 Å². The molecule has 2 unspecified atom stereocenters. The summed E-state index contributed by atoms with van der Waals surface area (Å²) in [5.41, 5.74) is -0.00864. The fraction of sp³-hybridized carbons (Fsp3) is 0.238. The average Bonchev–Trinajstić information content (AvgIpc) is 3.18. The number of fused-ring (bicyclic) bond motifs is 1. The molecule has 12 heteroatoms. The second-order valence-electron chi connectivity index (χ2n) is 7.47. The second-order valence-corrected chi connectivity index (χ2v) is 10.2. The summed E-state index contributed by atoms with van der Waals surface area (Å²) in [6, 6.07) is 12.9. The van der Waals surface area contributed by atoms with Crippen LogP contribution in [-0.4, -0.2) is 29.2 Å². The third-order valence-corrected chi connectivity index (χ3v) is 7.75. The van der Waals surface area contributed by atoms with Gasteiger partial charge in [0.05, 0.1) is 10.0 Å². The number of hydrogen-bond acceptors (Lipinski definition) is 4. The number of halogens is 5. The van der Waals surface area contributed by atoms with E-state index in [0.717, 1.165) is 16.3 Å². The summed E-state index contributed by atoms with van der Waals surface area (Å²) < 4.78 is 70.4. The van der Waals surface area contributed by atoms with Crippen LogP contribution in [0.4, 0.5) is 19.0 Å². The molecular weight excluding hydrogens is 500 g/mol. The molecule has 0 spiro atoms. The summed E-state index contributed by atoms with van der Waals surface area (Å²) in [6.07, 6.45) is -4.73. The summed E-state index contributed by atoms with van der Waals surface area (Å²) in [7, 11) is -4.12. The van der Waals surface area contributed by atoms with E-state index in [1.54, 1.807) is 30.3 Å². The summed E-state index contributed by atoms with van der Waals surface area (Å²) in [6.45, 7) is 1.46. The summed E-state index contributed by atoms with van der Waals surface area (Å²) in [5, 5.41) is 2.68. The molecule has 1 aliphatic heterocycles. The lowest BCUT2D eigenvalue weighted by molar-refractivity contribution is -0.141. The van der Waals surface area contributed by atoms with E-state index >= 15 is 0 Å². The minimum Gasteiger partial charge on any atom is -0.238 e. The standard InChI is InChI=1S/C21H17Cl2F3N4O2S/c1-12-20(33(31,32)27-11-13-5-3-2-4-6-13)19(14-7-8-15(22)16(23)9-14)30-18(28-12)10-17(29-30)21(24,25)26/h2-10,19-20,27H,11H2,1H3. The molecule has 33 heavy (non-hydrogen) atoms. The van der Waals surface area contributed by atoms with Crippen molar-refractivity contribution < 1.29 is 21.6 Å². The average molecular weight is 517 g/mol. The summed E-state index contributed by atoms with van der Waals surface area (Å²) >= 11 is 12.1. The number of nitrogens with zero attached hydrogens (tertiary/aromatic N) is 3. The highest BCUT2D eigenvalue weighted by molar-refractivity contribution is 7.90. The van der Waals surface area contributed by atoms with E-state index in [1.807, 2.05) is 0 Å². The number of hydrogen-bond donors (Lipinski definition) is 1. The number of aliphatic imine (C=N–C) groups is 1. The van der Waals surface area contributed by atoms with Crippen molar-refractivity contribution in [2.45, 2.75) is 30.9 Å². The predicted octanol–water partition coefficient (Wildman–Crippen LogP) is 5.39. The number of alkyl halides is 3. The fourth-order valence-corrected chi connectivity index (χ4v) is 5.66. The van der Waals surface area contributed by atoms with Crippen LogP contribution in [0.3, 0.4) is 0 Å². The maximum absolute atomic E-state index is 13.4. The topological polar surface area (TPSA) is 76.3 Å².